The van der Waals surface area contributed by atoms with Crippen molar-refractivity contribution in [3.05, 3.63) is 29.8 Å². The Morgan fingerprint density at radius 2 is 1.74 bits per heavy atom. The van der Waals surface area contributed by atoms with Crippen molar-refractivity contribution in [2.24, 2.45) is 11.5 Å². The molecule has 1 fully saturated rings. The van der Waals surface area contributed by atoms with Gasteiger partial charge in [-0.15, -0.1) is 11.3 Å². The number of aliphatic carboxylic acids is 1. The predicted octanol–water partition coefficient (Wildman–Crippen LogP) is 2.09. The lowest BCUT2D eigenvalue weighted by Gasteiger charge is -2.37. The van der Waals surface area contributed by atoms with E-state index in [-0.39, 0.29) is 11.9 Å². The summed E-state index contributed by atoms with van der Waals surface area (Å²) < 4.78 is 32.6. The molecule has 4 amide bonds. The summed E-state index contributed by atoms with van der Waals surface area (Å²) in [6, 6.07) is 7.16. The van der Waals surface area contributed by atoms with Crippen LogP contribution in [0.25, 0.3) is 10.1 Å². The SMILES string of the molecule is CCNC(=O)Nc1sc2ccccc2c1C(=O)N1CCC(N)(C(N)=O)CC1.O=C(O)C(F)(F)F. The van der Waals surface area contributed by atoms with E-state index in [0.29, 0.717) is 43.0 Å². The van der Waals surface area contributed by atoms with Gasteiger partial charge in [-0.1, -0.05) is 18.2 Å². The number of fused-ring (bicyclic) bond motifs is 1. The van der Waals surface area contributed by atoms with E-state index < -0.39 is 23.6 Å². The maximum atomic E-state index is 13.2. The molecule has 0 atom stereocenters. The topological polar surface area (TPSA) is 168 Å². The van der Waals surface area contributed by atoms with Crippen LogP contribution in [0.1, 0.15) is 30.1 Å². The summed E-state index contributed by atoms with van der Waals surface area (Å²) in [5, 5.41) is 13.9. The highest BCUT2D eigenvalue weighted by Crippen LogP contribution is 2.37. The molecule has 1 aliphatic rings. The molecule has 0 radical (unpaired) electrons. The standard InChI is InChI=1S/C18H23N5O3S.C2HF3O2/c1-2-21-17(26)22-14-13(11-5-3-4-6-12(11)27-14)15(24)23-9-7-18(20,8-10-23)16(19)25;3-2(4,5)1(6)7/h3-6H,2,7-10,20H2,1H3,(H2,19,25)(H2,21,22,26);(H,6,7). The van der Waals surface area contributed by atoms with Gasteiger partial charge < -0.3 is 26.8 Å². The zero-order valence-corrected chi connectivity index (χ0v) is 18.9. The number of carboxylic acid groups (broad SMARTS) is 1. The number of hydrogen-bond donors (Lipinski definition) is 5. The number of amides is 4. The Morgan fingerprint density at radius 3 is 2.24 bits per heavy atom. The molecule has 0 bridgehead atoms. The van der Waals surface area contributed by atoms with Gasteiger partial charge in [0.2, 0.25) is 5.91 Å². The summed E-state index contributed by atoms with van der Waals surface area (Å²) in [5.74, 6) is -3.49. The van der Waals surface area contributed by atoms with Crippen molar-refractivity contribution in [3.63, 3.8) is 0 Å². The summed E-state index contributed by atoms with van der Waals surface area (Å²) in [4.78, 5) is 47.3. The maximum Gasteiger partial charge on any atom is 0.490 e. The van der Waals surface area contributed by atoms with Gasteiger partial charge in [0.25, 0.3) is 5.91 Å². The minimum Gasteiger partial charge on any atom is -0.475 e. The number of nitrogens with zero attached hydrogens (tertiary/aromatic N) is 1. The smallest absolute Gasteiger partial charge is 0.475 e. The van der Waals surface area contributed by atoms with Crippen molar-refractivity contribution in [2.75, 3.05) is 25.0 Å². The van der Waals surface area contributed by atoms with Gasteiger partial charge >= 0.3 is 18.2 Å². The number of urea groups is 1. The quantitative estimate of drug-likeness (QED) is 0.428. The second-order valence-electron chi connectivity index (χ2n) is 7.40. The van der Waals surface area contributed by atoms with E-state index in [0.717, 1.165) is 10.1 Å². The maximum absolute atomic E-state index is 13.2. The number of carbonyl (C=O) groups excluding carboxylic acids is 3. The van der Waals surface area contributed by atoms with Crippen LogP contribution < -0.4 is 22.1 Å². The van der Waals surface area contributed by atoms with Crippen LogP contribution in [-0.2, 0) is 9.59 Å². The van der Waals surface area contributed by atoms with E-state index in [9.17, 15) is 27.6 Å². The van der Waals surface area contributed by atoms with E-state index in [4.69, 9.17) is 21.4 Å². The number of likely N-dealkylation sites (tertiary alicyclic amines) is 1. The fraction of sp³-hybridized carbons (Fsp3) is 0.400. The minimum absolute atomic E-state index is 0.189. The highest BCUT2D eigenvalue weighted by Gasteiger charge is 2.39. The summed E-state index contributed by atoms with van der Waals surface area (Å²) in [6.45, 7) is 2.98. The number of piperidine rings is 1. The monoisotopic (exact) mass is 503 g/mol. The molecule has 34 heavy (non-hydrogen) atoms. The van der Waals surface area contributed by atoms with E-state index in [1.807, 2.05) is 31.2 Å². The Balaban J connectivity index is 0.000000509. The molecule has 0 saturated carbocycles. The van der Waals surface area contributed by atoms with Gasteiger partial charge in [0, 0.05) is 29.7 Å². The Hall–Kier alpha value is -3.39. The number of thiophene rings is 1. The van der Waals surface area contributed by atoms with E-state index in [1.165, 1.54) is 11.3 Å². The average Bonchev–Trinajstić information content (AvgIpc) is 3.11. The molecule has 1 aromatic heterocycles. The number of alkyl halides is 3. The van der Waals surface area contributed by atoms with E-state index >= 15 is 0 Å². The first-order chi connectivity index (χ1) is 15.8. The van der Waals surface area contributed by atoms with Crippen molar-refractivity contribution in [1.82, 2.24) is 10.2 Å². The summed E-state index contributed by atoms with van der Waals surface area (Å²) in [6.07, 6.45) is -4.45. The molecule has 3 rings (SSSR count). The number of nitrogens with one attached hydrogen (secondary N) is 2. The molecule has 2 aromatic rings. The van der Waals surface area contributed by atoms with Crippen molar-refractivity contribution in [3.8, 4) is 0 Å². The fourth-order valence-corrected chi connectivity index (χ4v) is 4.26. The first-order valence-corrected chi connectivity index (χ1v) is 10.9. The third kappa shape index (κ3) is 6.35. The normalized spacial score (nSPS) is 15.1. The van der Waals surface area contributed by atoms with Crippen LogP contribution in [0.15, 0.2) is 24.3 Å². The Morgan fingerprint density at radius 1 is 1.18 bits per heavy atom. The molecule has 14 heteroatoms. The molecule has 0 spiro atoms. The molecular weight excluding hydrogens is 479 g/mol. The number of anilines is 1. The van der Waals surface area contributed by atoms with Crippen LogP contribution in [0.3, 0.4) is 0 Å². The van der Waals surface area contributed by atoms with Gasteiger partial charge in [0.15, 0.2) is 0 Å². The first kappa shape index (κ1) is 26.9. The number of rotatable bonds is 4. The van der Waals surface area contributed by atoms with Crippen LogP contribution in [0.4, 0.5) is 23.0 Å². The van der Waals surface area contributed by atoms with Gasteiger partial charge in [-0.3, -0.25) is 14.9 Å². The van der Waals surface area contributed by atoms with Gasteiger partial charge in [0.05, 0.1) is 11.1 Å². The molecule has 0 aliphatic carbocycles. The summed E-state index contributed by atoms with van der Waals surface area (Å²) in [5.41, 5.74) is 10.8. The Kier molecular flexibility index (Phi) is 8.45. The van der Waals surface area contributed by atoms with Crippen LogP contribution in [0.2, 0.25) is 0 Å². The number of carbonyl (C=O) groups is 4. The zero-order valence-electron chi connectivity index (χ0n) is 18.1. The molecule has 10 nitrogen and oxygen atoms in total. The number of primary amides is 1. The number of halogens is 3. The number of carboxylic acids is 1. The van der Waals surface area contributed by atoms with E-state index in [2.05, 4.69) is 10.6 Å². The van der Waals surface area contributed by atoms with Crippen molar-refractivity contribution in [2.45, 2.75) is 31.5 Å². The lowest BCUT2D eigenvalue weighted by atomic mass is 9.87. The highest BCUT2D eigenvalue weighted by atomic mass is 32.1. The third-order valence-corrected chi connectivity index (χ3v) is 6.14. The average molecular weight is 504 g/mol. The Bertz CT molecular complexity index is 1080. The Labute approximate surface area is 196 Å². The zero-order chi connectivity index (χ0) is 25.7. The molecule has 7 N–H and O–H groups in total. The molecule has 1 aliphatic heterocycles. The van der Waals surface area contributed by atoms with Crippen LogP contribution in [-0.4, -0.2) is 65.2 Å². The predicted molar refractivity (Wildman–Crippen MR) is 119 cm³/mol. The van der Waals surface area contributed by atoms with Crippen LogP contribution in [0, 0.1) is 0 Å². The van der Waals surface area contributed by atoms with Gasteiger partial charge in [-0.05, 0) is 25.8 Å². The molecule has 1 aromatic carbocycles. The first-order valence-electron chi connectivity index (χ1n) is 10.0. The lowest BCUT2D eigenvalue weighted by molar-refractivity contribution is -0.192. The number of hydrogen-bond acceptors (Lipinski definition) is 6. The number of benzene rings is 1. The van der Waals surface area contributed by atoms with E-state index in [1.54, 1.807) is 4.90 Å². The minimum atomic E-state index is -5.08. The fourth-order valence-electron chi connectivity index (χ4n) is 3.17. The highest BCUT2D eigenvalue weighted by molar-refractivity contribution is 7.23. The number of nitrogens with two attached hydrogens (primary N) is 2. The molecule has 0 unspecified atom stereocenters. The van der Waals surface area contributed by atoms with Gasteiger partial charge in [0.1, 0.15) is 5.00 Å². The van der Waals surface area contributed by atoms with Gasteiger partial charge in [-0.25, -0.2) is 9.59 Å². The third-order valence-electron chi connectivity index (χ3n) is 5.05. The second kappa shape index (κ2) is 10.7. The van der Waals surface area contributed by atoms with Gasteiger partial charge in [-0.2, -0.15) is 13.2 Å². The van der Waals surface area contributed by atoms with Crippen molar-refractivity contribution >= 4 is 50.2 Å². The second-order valence-corrected chi connectivity index (χ2v) is 8.45. The molecular formula is C20H24F3N5O5S. The largest absolute Gasteiger partial charge is 0.490 e. The van der Waals surface area contributed by atoms with Crippen LogP contribution in [0.5, 0.6) is 0 Å². The van der Waals surface area contributed by atoms with Crippen molar-refractivity contribution in [1.29, 1.82) is 0 Å². The molecule has 2 heterocycles. The lowest BCUT2D eigenvalue weighted by Crippen LogP contribution is -2.59. The molecule has 186 valence electrons. The van der Waals surface area contributed by atoms with Crippen LogP contribution >= 0.6 is 11.3 Å². The van der Waals surface area contributed by atoms with Crippen molar-refractivity contribution < 1.29 is 37.5 Å². The summed E-state index contributed by atoms with van der Waals surface area (Å²) >= 11 is 1.36. The summed E-state index contributed by atoms with van der Waals surface area (Å²) in [7, 11) is 0. The molecule has 1 saturated heterocycles.